The normalized spacial score (nSPS) is 36.9. The highest BCUT2D eigenvalue weighted by Crippen LogP contribution is 2.36. The van der Waals surface area contributed by atoms with Gasteiger partial charge in [0.1, 0.15) is 0 Å². The Labute approximate surface area is 106 Å². The monoisotopic (exact) mass is 258 g/mol. The van der Waals surface area contributed by atoms with E-state index in [0.717, 1.165) is 44.9 Å². The summed E-state index contributed by atoms with van der Waals surface area (Å²) < 4.78 is 25.2. The highest BCUT2D eigenvalue weighted by atomic mass is 32.2. The lowest BCUT2D eigenvalue weighted by Crippen LogP contribution is -2.38. The first kappa shape index (κ1) is 13.4. The predicted octanol–water partition coefficient (Wildman–Crippen LogP) is 3.56. The van der Waals surface area contributed by atoms with Crippen molar-refractivity contribution in [2.75, 3.05) is 0 Å². The Morgan fingerprint density at radius 2 is 1.41 bits per heavy atom. The first-order chi connectivity index (χ1) is 8.01. The Balaban J connectivity index is 2.04. The standard InChI is InChI=1S/C14H26O2S/c1-11-8-9-14(10-12(11)2)17(15,16)13-6-4-3-5-7-13/h11-14H,3-10H2,1-2H3. The van der Waals surface area contributed by atoms with Crippen molar-refractivity contribution < 1.29 is 8.42 Å². The van der Waals surface area contributed by atoms with Crippen molar-refractivity contribution in [2.24, 2.45) is 11.8 Å². The number of sulfone groups is 1. The van der Waals surface area contributed by atoms with Crippen LogP contribution in [0.15, 0.2) is 0 Å². The molecular formula is C14H26O2S. The van der Waals surface area contributed by atoms with E-state index in [4.69, 9.17) is 0 Å². The van der Waals surface area contributed by atoms with Crippen LogP contribution in [0.4, 0.5) is 0 Å². The number of hydrogen-bond acceptors (Lipinski definition) is 2. The van der Waals surface area contributed by atoms with Crippen molar-refractivity contribution in [3.63, 3.8) is 0 Å². The van der Waals surface area contributed by atoms with Crippen LogP contribution in [0.25, 0.3) is 0 Å². The minimum absolute atomic E-state index is 0.0122. The van der Waals surface area contributed by atoms with Gasteiger partial charge in [0, 0.05) is 0 Å². The van der Waals surface area contributed by atoms with Crippen molar-refractivity contribution in [3.8, 4) is 0 Å². The maximum atomic E-state index is 12.6. The Hall–Kier alpha value is -0.0500. The SMILES string of the molecule is CC1CCC(S(=O)(=O)C2CCCCC2)CC1C. The summed E-state index contributed by atoms with van der Waals surface area (Å²) in [5.41, 5.74) is 0. The van der Waals surface area contributed by atoms with E-state index in [9.17, 15) is 8.42 Å². The summed E-state index contributed by atoms with van der Waals surface area (Å²) >= 11 is 0. The Kier molecular flexibility index (Phi) is 4.17. The topological polar surface area (TPSA) is 34.1 Å². The number of rotatable bonds is 2. The molecule has 0 amide bonds. The molecular weight excluding hydrogens is 232 g/mol. The molecule has 0 heterocycles. The van der Waals surface area contributed by atoms with Crippen molar-refractivity contribution >= 4 is 9.84 Å². The van der Waals surface area contributed by atoms with Gasteiger partial charge in [0.15, 0.2) is 9.84 Å². The Morgan fingerprint density at radius 1 is 0.765 bits per heavy atom. The van der Waals surface area contributed by atoms with E-state index < -0.39 is 9.84 Å². The van der Waals surface area contributed by atoms with Crippen LogP contribution >= 0.6 is 0 Å². The zero-order chi connectivity index (χ0) is 12.5. The molecule has 0 aliphatic heterocycles. The summed E-state index contributed by atoms with van der Waals surface area (Å²) in [6.07, 6.45) is 8.20. The third-order valence-electron chi connectivity index (χ3n) is 5.03. The molecule has 3 atom stereocenters. The van der Waals surface area contributed by atoms with Crippen LogP contribution in [0, 0.1) is 11.8 Å². The van der Waals surface area contributed by atoms with Gasteiger partial charge >= 0.3 is 0 Å². The van der Waals surface area contributed by atoms with Gasteiger partial charge < -0.3 is 0 Å². The minimum Gasteiger partial charge on any atom is -0.228 e. The average Bonchev–Trinajstić information content (AvgIpc) is 2.33. The Bertz CT molecular complexity index is 341. The van der Waals surface area contributed by atoms with Crippen LogP contribution in [0.2, 0.25) is 0 Å². The second kappa shape index (κ2) is 5.29. The van der Waals surface area contributed by atoms with Gasteiger partial charge in [0.05, 0.1) is 10.5 Å². The smallest absolute Gasteiger partial charge is 0.156 e. The van der Waals surface area contributed by atoms with Gasteiger partial charge in [-0.2, -0.15) is 0 Å². The van der Waals surface area contributed by atoms with Gasteiger partial charge in [-0.05, 0) is 43.9 Å². The average molecular weight is 258 g/mol. The highest BCUT2D eigenvalue weighted by molar-refractivity contribution is 7.92. The van der Waals surface area contributed by atoms with Crippen LogP contribution in [0.5, 0.6) is 0 Å². The second-order valence-corrected chi connectivity index (χ2v) is 8.75. The van der Waals surface area contributed by atoms with E-state index in [1.54, 1.807) is 0 Å². The lowest BCUT2D eigenvalue weighted by atomic mass is 9.81. The molecule has 0 aromatic heterocycles. The molecule has 2 rings (SSSR count). The van der Waals surface area contributed by atoms with Crippen LogP contribution < -0.4 is 0 Å². The molecule has 3 heteroatoms. The van der Waals surface area contributed by atoms with Crippen LogP contribution in [0.3, 0.4) is 0 Å². The largest absolute Gasteiger partial charge is 0.228 e. The molecule has 2 aliphatic rings. The molecule has 0 bridgehead atoms. The van der Waals surface area contributed by atoms with E-state index in [1.165, 1.54) is 6.42 Å². The van der Waals surface area contributed by atoms with Crippen molar-refractivity contribution in [2.45, 2.75) is 75.7 Å². The first-order valence-corrected chi connectivity index (χ1v) is 8.85. The molecule has 2 nitrogen and oxygen atoms in total. The number of hydrogen-bond donors (Lipinski definition) is 0. The minimum atomic E-state index is -2.84. The summed E-state index contributed by atoms with van der Waals surface area (Å²) in [5, 5.41) is -0.0429. The molecule has 3 unspecified atom stereocenters. The molecule has 0 radical (unpaired) electrons. The lowest BCUT2D eigenvalue weighted by molar-refractivity contribution is 0.276. The maximum Gasteiger partial charge on any atom is 0.156 e. The fourth-order valence-corrected chi connectivity index (χ4v) is 6.03. The quantitative estimate of drug-likeness (QED) is 0.759. The summed E-state index contributed by atoms with van der Waals surface area (Å²) in [7, 11) is -2.84. The summed E-state index contributed by atoms with van der Waals surface area (Å²) in [6, 6.07) is 0. The predicted molar refractivity (Wildman–Crippen MR) is 71.8 cm³/mol. The molecule has 0 spiro atoms. The van der Waals surface area contributed by atoms with Crippen LogP contribution in [0.1, 0.15) is 65.2 Å². The van der Waals surface area contributed by atoms with Gasteiger partial charge in [-0.3, -0.25) is 0 Å². The van der Waals surface area contributed by atoms with E-state index in [-0.39, 0.29) is 10.5 Å². The summed E-state index contributed by atoms with van der Waals surface area (Å²) in [4.78, 5) is 0. The lowest BCUT2D eigenvalue weighted by Gasteiger charge is -2.34. The molecule has 0 aromatic rings. The Morgan fingerprint density at radius 3 is 2.00 bits per heavy atom. The van der Waals surface area contributed by atoms with Gasteiger partial charge in [-0.1, -0.05) is 33.1 Å². The molecule has 0 N–H and O–H groups in total. The van der Waals surface area contributed by atoms with E-state index in [0.29, 0.717) is 11.8 Å². The van der Waals surface area contributed by atoms with E-state index >= 15 is 0 Å². The molecule has 2 saturated carbocycles. The summed E-state index contributed by atoms with van der Waals surface area (Å²) in [6.45, 7) is 4.47. The second-order valence-electron chi connectivity index (χ2n) is 6.24. The summed E-state index contributed by atoms with van der Waals surface area (Å²) in [5.74, 6) is 1.28. The van der Waals surface area contributed by atoms with Gasteiger partial charge in [0.2, 0.25) is 0 Å². The zero-order valence-electron chi connectivity index (χ0n) is 11.2. The molecule has 2 aliphatic carbocycles. The van der Waals surface area contributed by atoms with Crippen molar-refractivity contribution in [1.29, 1.82) is 0 Å². The van der Waals surface area contributed by atoms with Crippen LogP contribution in [-0.4, -0.2) is 18.9 Å². The van der Waals surface area contributed by atoms with Crippen molar-refractivity contribution in [1.82, 2.24) is 0 Å². The van der Waals surface area contributed by atoms with E-state index in [2.05, 4.69) is 13.8 Å². The fourth-order valence-electron chi connectivity index (χ4n) is 3.46. The van der Waals surface area contributed by atoms with Crippen molar-refractivity contribution in [3.05, 3.63) is 0 Å². The van der Waals surface area contributed by atoms with E-state index in [1.807, 2.05) is 0 Å². The van der Waals surface area contributed by atoms with Gasteiger partial charge in [0.25, 0.3) is 0 Å². The third kappa shape index (κ3) is 2.86. The molecule has 2 fully saturated rings. The molecule has 0 aromatic carbocycles. The van der Waals surface area contributed by atoms with Gasteiger partial charge in [-0.25, -0.2) is 8.42 Å². The van der Waals surface area contributed by atoms with Gasteiger partial charge in [-0.15, -0.1) is 0 Å². The molecule has 17 heavy (non-hydrogen) atoms. The highest BCUT2D eigenvalue weighted by Gasteiger charge is 2.38. The first-order valence-electron chi connectivity index (χ1n) is 7.24. The zero-order valence-corrected chi connectivity index (χ0v) is 12.0. The third-order valence-corrected chi connectivity index (χ3v) is 7.79. The molecule has 0 saturated heterocycles. The van der Waals surface area contributed by atoms with Crippen LogP contribution in [-0.2, 0) is 9.84 Å². The maximum absolute atomic E-state index is 12.6. The molecule has 100 valence electrons. The fraction of sp³-hybridized carbons (Fsp3) is 1.00.